The molecule has 0 amide bonds. The molecular weight excluding hydrogens is 240 g/mol. The van der Waals surface area contributed by atoms with Gasteiger partial charge in [0.25, 0.3) is 0 Å². The predicted octanol–water partition coefficient (Wildman–Crippen LogP) is 1.06. The van der Waals surface area contributed by atoms with Crippen LogP contribution >= 0.6 is 0 Å². The van der Waals surface area contributed by atoms with Crippen molar-refractivity contribution in [3.05, 3.63) is 29.8 Å². The molecule has 2 N–H and O–H groups in total. The Balaban J connectivity index is 2.05. The minimum atomic E-state index is 0.198. The predicted molar refractivity (Wildman–Crippen MR) is 76.7 cm³/mol. The summed E-state index contributed by atoms with van der Waals surface area (Å²) < 4.78 is 5.30. The fraction of sp³-hybridized carbons (Fsp3) is 0.600. The van der Waals surface area contributed by atoms with Crippen molar-refractivity contribution < 1.29 is 9.84 Å². The Labute approximate surface area is 115 Å². The number of hydrogen-bond donors (Lipinski definition) is 2. The summed E-state index contributed by atoms with van der Waals surface area (Å²) >= 11 is 0. The molecule has 0 aromatic heterocycles. The van der Waals surface area contributed by atoms with Crippen molar-refractivity contribution in [3.63, 3.8) is 0 Å². The fourth-order valence-corrected chi connectivity index (χ4v) is 2.87. The maximum atomic E-state index is 8.92. The largest absolute Gasteiger partial charge is 0.497 e. The number of nitrogens with zero attached hydrogens (tertiary/aromatic N) is 1. The van der Waals surface area contributed by atoms with Gasteiger partial charge in [-0.15, -0.1) is 0 Å². The maximum Gasteiger partial charge on any atom is 0.119 e. The number of ether oxygens (including phenoxy) is 1. The molecule has 4 nitrogen and oxygen atoms in total. The highest BCUT2D eigenvalue weighted by Gasteiger charge is 2.26. The van der Waals surface area contributed by atoms with Crippen molar-refractivity contribution in [3.8, 4) is 5.75 Å². The van der Waals surface area contributed by atoms with Gasteiger partial charge >= 0.3 is 0 Å². The Hall–Kier alpha value is -1.10. The first-order chi connectivity index (χ1) is 9.22. The van der Waals surface area contributed by atoms with Gasteiger partial charge in [-0.3, -0.25) is 0 Å². The molecule has 4 heteroatoms. The molecule has 0 bridgehead atoms. The number of hydrogen-bond acceptors (Lipinski definition) is 4. The van der Waals surface area contributed by atoms with Crippen LogP contribution in [0.5, 0.6) is 5.75 Å². The lowest BCUT2D eigenvalue weighted by Gasteiger charge is -2.36. The molecule has 1 heterocycles. The molecule has 0 saturated carbocycles. The van der Waals surface area contributed by atoms with E-state index in [-0.39, 0.29) is 6.61 Å². The number of rotatable bonds is 5. The first-order valence-electron chi connectivity index (χ1n) is 6.89. The summed E-state index contributed by atoms with van der Waals surface area (Å²) in [4.78, 5) is 2.35. The smallest absolute Gasteiger partial charge is 0.119 e. The Kier molecular flexibility index (Phi) is 5.19. The van der Waals surface area contributed by atoms with Crippen molar-refractivity contribution >= 4 is 0 Å². The van der Waals surface area contributed by atoms with Crippen LogP contribution in [0.2, 0.25) is 0 Å². The van der Waals surface area contributed by atoms with Gasteiger partial charge in [0.2, 0.25) is 0 Å². The minimum absolute atomic E-state index is 0.198. The highest BCUT2D eigenvalue weighted by Crippen LogP contribution is 2.28. The zero-order valence-corrected chi connectivity index (χ0v) is 11.8. The second-order valence-electron chi connectivity index (χ2n) is 5.31. The Bertz CT molecular complexity index is 397. The monoisotopic (exact) mass is 264 g/mol. The minimum Gasteiger partial charge on any atom is -0.497 e. The van der Waals surface area contributed by atoms with E-state index in [9.17, 15) is 0 Å². The van der Waals surface area contributed by atoms with Crippen LogP contribution in [-0.4, -0.2) is 56.4 Å². The van der Waals surface area contributed by atoms with E-state index in [0.29, 0.717) is 18.5 Å². The molecule has 1 fully saturated rings. The number of piperidine rings is 1. The molecule has 0 spiro atoms. The number of nitrogens with one attached hydrogen (secondary N) is 1. The van der Waals surface area contributed by atoms with Gasteiger partial charge in [-0.1, -0.05) is 12.1 Å². The van der Waals surface area contributed by atoms with Crippen molar-refractivity contribution in [2.75, 3.05) is 40.4 Å². The molecular formula is C15H24N2O2. The molecule has 0 aliphatic carbocycles. The number of benzene rings is 1. The van der Waals surface area contributed by atoms with Crippen LogP contribution in [0.3, 0.4) is 0 Å². The average molecular weight is 264 g/mol. The topological polar surface area (TPSA) is 44.7 Å². The van der Waals surface area contributed by atoms with Crippen molar-refractivity contribution in [1.29, 1.82) is 0 Å². The number of likely N-dealkylation sites (tertiary alicyclic amines) is 1. The van der Waals surface area contributed by atoms with Crippen LogP contribution in [-0.2, 0) is 0 Å². The van der Waals surface area contributed by atoms with Crippen LogP contribution in [0.25, 0.3) is 0 Å². The van der Waals surface area contributed by atoms with Gasteiger partial charge in [0.05, 0.1) is 13.7 Å². The molecule has 2 atom stereocenters. The maximum absolute atomic E-state index is 8.92. The molecule has 1 aromatic rings. The summed E-state index contributed by atoms with van der Waals surface area (Å²) in [6.45, 7) is 2.98. The van der Waals surface area contributed by atoms with Gasteiger partial charge in [-0.2, -0.15) is 0 Å². The molecule has 0 radical (unpaired) electrons. The quantitative estimate of drug-likeness (QED) is 0.835. The van der Waals surface area contributed by atoms with Gasteiger partial charge in [0.1, 0.15) is 5.75 Å². The van der Waals surface area contributed by atoms with E-state index in [1.165, 1.54) is 5.56 Å². The van der Waals surface area contributed by atoms with Gasteiger partial charge in [0.15, 0.2) is 0 Å². The Morgan fingerprint density at radius 3 is 3.00 bits per heavy atom. The van der Waals surface area contributed by atoms with Gasteiger partial charge in [-0.05, 0) is 37.1 Å². The molecule has 1 aliphatic heterocycles. The summed E-state index contributed by atoms with van der Waals surface area (Å²) in [5, 5.41) is 12.3. The molecule has 1 aromatic carbocycles. The summed E-state index contributed by atoms with van der Waals surface area (Å²) in [5.74, 6) is 1.44. The fourth-order valence-electron chi connectivity index (χ4n) is 2.87. The van der Waals surface area contributed by atoms with Crippen LogP contribution in [0.1, 0.15) is 17.9 Å². The third-order valence-corrected chi connectivity index (χ3v) is 3.74. The number of aliphatic hydroxyl groups is 1. The SMILES string of the molecule is COc1cccc(C2CC(NCCO)CN(C)C2)c1. The van der Waals surface area contributed by atoms with Gasteiger partial charge < -0.3 is 20.1 Å². The summed E-state index contributed by atoms with van der Waals surface area (Å²) in [7, 11) is 3.86. The van der Waals surface area contributed by atoms with Gasteiger partial charge in [0, 0.05) is 25.7 Å². The highest BCUT2D eigenvalue weighted by molar-refractivity contribution is 5.31. The van der Waals surface area contributed by atoms with E-state index in [1.807, 2.05) is 6.07 Å². The van der Waals surface area contributed by atoms with E-state index in [0.717, 1.165) is 25.3 Å². The van der Waals surface area contributed by atoms with Crippen molar-refractivity contribution in [2.45, 2.75) is 18.4 Å². The van der Waals surface area contributed by atoms with Crippen LogP contribution in [0.4, 0.5) is 0 Å². The van der Waals surface area contributed by atoms with E-state index in [1.54, 1.807) is 7.11 Å². The Morgan fingerprint density at radius 1 is 1.42 bits per heavy atom. The summed E-state index contributed by atoms with van der Waals surface area (Å²) in [6, 6.07) is 8.79. The normalized spacial score (nSPS) is 24.4. The third kappa shape index (κ3) is 3.93. The van der Waals surface area contributed by atoms with E-state index in [4.69, 9.17) is 9.84 Å². The number of aliphatic hydroxyl groups excluding tert-OH is 1. The molecule has 19 heavy (non-hydrogen) atoms. The van der Waals surface area contributed by atoms with Gasteiger partial charge in [-0.25, -0.2) is 0 Å². The van der Waals surface area contributed by atoms with E-state index in [2.05, 4.69) is 35.5 Å². The molecule has 1 aliphatic rings. The first kappa shape index (κ1) is 14.3. The number of methoxy groups -OCH3 is 1. The van der Waals surface area contributed by atoms with E-state index >= 15 is 0 Å². The van der Waals surface area contributed by atoms with Crippen LogP contribution < -0.4 is 10.1 Å². The molecule has 106 valence electrons. The summed E-state index contributed by atoms with van der Waals surface area (Å²) in [6.07, 6.45) is 1.11. The number of likely N-dealkylation sites (N-methyl/N-ethyl adjacent to an activating group) is 1. The first-order valence-corrected chi connectivity index (χ1v) is 6.89. The summed E-state index contributed by atoms with van der Waals surface area (Å²) in [5.41, 5.74) is 1.33. The third-order valence-electron chi connectivity index (χ3n) is 3.74. The highest BCUT2D eigenvalue weighted by atomic mass is 16.5. The van der Waals surface area contributed by atoms with Crippen molar-refractivity contribution in [1.82, 2.24) is 10.2 Å². The molecule has 2 rings (SSSR count). The Morgan fingerprint density at radius 2 is 2.26 bits per heavy atom. The lowest BCUT2D eigenvalue weighted by atomic mass is 9.88. The second kappa shape index (κ2) is 6.89. The molecule has 1 saturated heterocycles. The lowest BCUT2D eigenvalue weighted by Crippen LogP contribution is -2.47. The molecule has 2 unspecified atom stereocenters. The zero-order chi connectivity index (χ0) is 13.7. The van der Waals surface area contributed by atoms with Crippen LogP contribution in [0.15, 0.2) is 24.3 Å². The standard InChI is InChI=1S/C15H24N2O2/c1-17-10-13(8-14(11-17)16-6-7-18)12-4-3-5-15(9-12)19-2/h3-5,9,13-14,16,18H,6-8,10-11H2,1-2H3. The average Bonchev–Trinajstić information content (AvgIpc) is 2.44. The van der Waals surface area contributed by atoms with E-state index < -0.39 is 0 Å². The lowest BCUT2D eigenvalue weighted by molar-refractivity contribution is 0.194. The van der Waals surface area contributed by atoms with Crippen molar-refractivity contribution in [2.24, 2.45) is 0 Å². The second-order valence-corrected chi connectivity index (χ2v) is 5.31. The zero-order valence-electron chi connectivity index (χ0n) is 11.8. The van der Waals surface area contributed by atoms with Crippen LogP contribution in [0, 0.1) is 0 Å².